The van der Waals surface area contributed by atoms with Gasteiger partial charge in [-0.15, -0.1) is 0 Å². The number of ether oxygens (including phenoxy) is 1. The Bertz CT molecular complexity index is 427. The van der Waals surface area contributed by atoms with Crippen molar-refractivity contribution in [1.29, 1.82) is 0 Å². The Kier molecular flexibility index (Phi) is 2.29. The Morgan fingerprint density at radius 1 is 1.18 bits per heavy atom. The zero-order valence-corrected chi connectivity index (χ0v) is 10.2. The molecule has 2 aliphatic rings. The lowest BCUT2D eigenvalue weighted by molar-refractivity contribution is -0.154. The van der Waals surface area contributed by atoms with Gasteiger partial charge in [0.2, 0.25) is 0 Å². The van der Waals surface area contributed by atoms with E-state index in [2.05, 4.69) is 6.92 Å². The fourth-order valence-corrected chi connectivity index (χ4v) is 2.71. The summed E-state index contributed by atoms with van der Waals surface area (Å²) in [6.07, 6.45) is 4.43. The molecule has 0 bridgehead atoms. The van der Waals surface area contributed by atoms with Crippen molar-refractivity contribution < 1.29 is 9.53 Å². The SMILES string of the molecule is CC1(C2(C(=O)OCc3ccccc3)CC2)CC1. The van der Waals surface area contributed by atoms with E-state index in [4.69, 9.17) is 4.74 Å². The summed E-state index contributed by atoms with van der Waals surface area (Å²) in [6.45, 7) is 2.64. The molecule has 0 aliphatic heterocycles. The topological polar surface area (TPSA) is 26.3 Å². The van der Waals surface area contributed by atoms with Crippen LogP contribution in [0.1, 0.15) is 38.2 Å². The van der Waals surface area contributed by atoms with Gasteiger partial charge in [0.1, 0.15) is 6.61 Å². The maximum Gasteiger partial charge on any atom is 0.312 e. The molecule has 2 aliphatic carbocycles. The molecule has 0 saturated heterocycles. The molecule has 1 aromatic carbocycles. The predicted molar refractivity (Wildman–Crippen MR) is 65.2 cm³/mol. The van der Waals surface area contributed by atoms with E-state index in [0.29, 0.717) is 6.61 Å². The van der Waals surface area contributed by atoms with Gasteiger partial charge in [-0.05, 0) is 36.7 Å². The fourth-order valence-electron chi connectivity index (χ4n) is 2.71. The number of hydrogen-bond donors (Lipinski definition) is 0. The van der Waals surface area contributed by atoms with Gasteiger partial charge in [0.25, 0.3) is 0 Å². The standard InChI is InChI=1S/C15H18O2/c1-14(7-8-14)15(9-10-15)13(16)17-11-12-5-3-2-4-6-12/h2-6H,7-11H2,1H3. The monoisotopic (exact) mass is 230 g/mol. The smallest absolute Gasteiger partial charge is 0.312 e. The average Bonchev–Trinajstić information content (AvgIpc) is 3.22. The molecule has 2 heteroatoms. The van der Waals surface area contributed by atoms with E-state index in [0.717, 1.165) is 18.4 Å². The summed E-state index contributed by atoms with van der Waals surface area (Å²) in [7, 11) is 0. The summed E-state index contributed by atoms with van der Waals surface area (Å²) in [5.74, 6) is 0.0290. The van der Waals surface area contributed by atoms with Crippen LogP contribution >= 0.6 is 0 Å². The molecule has 1 aromatic rings. The van der Waals surface area contributed by atoms with Gasteiger partial charge in [0.05, 0.1) is 5.41 Å². The third-order valence-corrected chi connectivity index (χ3v) is 4.51. The van der Waals surface area contributed by atoms with Crippen LogP contribution in [0.2, 0.25) is 0 Å². The zero-order chi connectivity index (χ0) is 11.9. The fraction of sp³-hybridized carbons (Fsp3) is 0.533. The van der Waals surface area contributed by atoms with Crippen molar-refractivity contribution >= 4 is 5.97 Å². The van der Waals surface area contributed by atoms with E-state index in [1.165, 1.54) is 12.8 Å². The van der Waals surface area contributed by atoms with E-state index in [1.54, 1.807) is 0 Å². The van der Waals surface area contributed by atoms with Gasteiger partial charge in [0, 0.05) is 0 Å². The highest BCUT2D eigenvalue weighted by molar-refractivity contribution is 5.81. The van der Waals surface area contributed by atoms with Crippen molar-refractivity contribution in [3.63, 3.8) is 0 Å². The minimum atomic E-state index is -0.123. The molecule has 3 rings (SSSR count). The number of esters is 1. The van der Waals surface area contributed by atoms with Gasteiger partial charge in [0.15, 0.2) is 0 Å². The number of benzene rings is 1. The zero-order valence-electron chi connectivity index (χ0n) is 10.2. The van der Waals surface area contributed by atoms with Crippen LogP contribution in [0.4, 0.5) is 0 Å². The number of hydrogen-bond acceptors (Lipinski definition) is 2. The maximum atomic E-state index is 12.2. The van der Waals surface area contributed by atoms with Crippen LogP contribution in [-0.2, 0) is 16.1 Å². The van der Waals surface area contributed by atoms with Crippen LogP contribution in [0.25, 0.3) is 0 Å². The van der Waals surface area contributed by atoms with E-state index in [1.807, 2.05) is 30.3 Å². The Morgan fingerprint density at radius 2 is 1.82 bits per heavy atom. The van der Waals surface area contributed by atoms with Crippen molar-refractivity contribution in [3.05, 3.63) is 35.9 Å². The Hall–Kier alpha value is -1.31. The van der Waals surface area contributed by atoms with Gasteiger partial charge >= 0.3 is 5.97 Å². The van der Waals surface area contributed by atoms with E-state index in [-0.39, 0.29) is 16.8 Å². The molecule has 2 nitrogen and oxygen atoms in total. The third-order valence-electron chi connectivity index (χ3n) is 4.51. The van der Waals surface area contributed by atoms with Crippen molar-refractivity contribution in [2.45, 2.75) is 39.2 Å². The number of carbonyl (C=O) groups is 1. The minimum Gasteiger partial charge on any atom is -0.460 e. The average molecular weight is 230 g/mol. The first-order valence-electron chi connectivity index (χ1n) is 6.38. The summed E-state index contributed by atoms with van der Waals surface area (Å²) in [4.78, 5) is 12.2. The van der Waals surface area contributed by atoms with Gasteiger partial charge in [-0.3, -0.25) is 4.79 Å². The van der Waals surface area contributed by atoms with Crippen molar-refractivity contribution in [3.8, 4) is 0 Å². The summed E-state index contributed by atoms with van der Waals surface area (Å²) in [5.41, 5.74) is 1.19. The molecule has 0 radical (unpaired) electrons. The molecule has 17 heavy (non-hydrogen) atoms. The first-order chi connectivity index (χ1) is 8.16. The molecule has 0 amide bonds. The van der Waals surface area contributed by atoms with Crippen LogP contribution in [0.5, 0.6) is 0 Å². The van der Waals surface area contributed by atoms with Crippen LogP contribution in [0.3, 0.4) is 0 Å². The third kappa shape index (κ3) is 1.76. The Balaban J connectivity index is 1.61. The molecule has 2 fully saturated rings. The second kappa shape index (κ2) is 3.59. The molecule has 2 saturated carbocycles. The largest absolute Gasteiger partial charge is 0.460 e. The van der Waals surface area contributed by atoms with E-state index < -0.39 is 0 Å². The van der Waals surface area contributed by atoms with Crippen molar-refractivity contribution in [2.24, 2.45) is 10.8 Å². The number of carbonyl (C=O) groups excluding carboxylic acids is 1. The Morgan fingerprint density at radius 3 is 2.35 bits per heavy atom. The van der Waals surface area contributed by atoms with Crippen LogP contribution in [0.15, 0.2) is 30.3 Å². The lowest BCUT2D eigenvalue weighted by Crippen LogP contribution is -2.27. The second-order valence-corrected chi connectivity index (χ2v) is 5.70. The van der Waals surface area contributed by atoms with Gasteiger partial charge < -0.3 is 4.74 Å². The molecule has 0 spiro atoms. The summed E-state index contributed by atoms with van der Waals surface area (Å²) in [6, 6.07) is 9.90. The highest BCUT2D eigenvalue weighted by Gasteiger charge is 2.67. The maximum absolute atomic E-state index is 12.2. The first kappa shape index (κ1) is 10.8. The van der Waals surface area contributed by atoms with E-state index in [9.17, 15) is 4.79 Å². The highest BCUT2D eigenvalue weighted by Crippen LogP contribution is 2.70. The first-order valence-corrected chi connectivity index (χ1v) is 6.38. The van der Waals surface area contributed by atoms with Crippen LogP contribution in [0, 0.1) is 10.8 Å². The minimum absolute atomic E-state index is 0.0290. The van der Waals surface area contributed by atoms with Crippen LogP contribution in [-0.4, -0.2) is 5.97 Å². The summed E-state index contributed by atoms with van der Waals surface area (Å²) < 4.78 is 5.48. The summed E-state index contributed by atoms with van der Waals surface area (Å²) >= 11 is 0. The molecule has 0 N–H and O–H groups in total. The predicted octanol–water partition coefficient (Wildman–Crippen LogP) is 3.31. The van der Waals surface area contributed by atoms with Gasteiger partial charge in [-0.1, -0.05) is 37.3 Å². The molecular formula is C15H18O2. The molecule has 0 aromatic heterocycles. The lowest BCUT2D eigenvalue weighted by atomic mass is 9.87. The molecular weight excluding hydrogens is 212 g/mol. The number of rotatable bonds is 4. The van der Waals surface area contributed by atoms with Gasteiger partial charge in [-0.2, -0.15) is 0 Å². The lowest BCUT2D eigenvalue weighted by Gasteiger charge is -2.20. The second-order valence-electron chi connectivity index (χ2n) is 5.70. The Labute approximate surface area is 102 Å². The molecule has 90 valence electrons. The van der Waals surface area contributed by atoms with Crippen molar-refractivity contribution in [2.75, 3.05) is 0 Å². The molecule has 0 heterocycles. The normalized spacial score (nSPS) is 22.9. The summed E-state index contributed by atoms with van der Waals surface area (Å²) in [5, 5.41) is 0. The highest BCUT2D eigenvalue weighted by atomic mass is 16.5. The van der Waals surface area contributed by atoms with E-state index >= 15 is 0 Å². The molecule has 0 unspecified atom stereocenters. The quantitative estimate of drug-likeness (QED) is 0.742. The molecule has 0 atom stereocenters. The van der Waals surface area contributed by atoms with Gasteiger partial charge in [-0.25, -0.2) is 0 Å². The van der Waals surface area contributed by atoms with Crippen LogP contribution < -0.4 is 0 Å². The van der Waals surface area contributed by atoms with Crippen molar-refractivity contribution in [1.82, 2.24) is 0 Å².